The zero-order chi connectivity index (χ0) is 12.3. The highest BCUT2D eigenvalue weighted by Gasteiger charge is 2.08. The summed E-state index contributed by atoms with van der Waals surface area (Å²) in [6, 6.07) is 7.83. The Hall–Kier alpha value is -1.20. The first-order valence-electron chi connectivity index (χ1n) is 4.81. The standard InChI is InChI=1S/C12H8BrFO2S/c13-9-6-8(3-4-10(9)14)16-7-11(15)12-2-1-5-17-12/h1-6H,7H2. The summed E-state index contributed by atoms with van der Waals surface area (Å²) in [7, 11) is 0. The number of benzene rings is 1. The first kappa shape index (κ1) is 12.3. The van der Waals surface area contributed by atoms with Gasteiger partial charge in [0.05, 0.1) is 9.35 Å². The van der Waals surface area contributed by atoms with Gasteiger partial charge in [-0.1, -0.05) is 6.07 Å². The average molecular weight is 315 g/mol. The number of hydrogen-bond acceptors (Lipinski definition) is 3. The highest BCUT2D eigenvalue weighted by molar-refractivity contribution is 9.10. The van der Waals surface area contributed by atoms with Crippen LogP contribution in [0, 0.1) is 5.82 Å². The topological polar surface area (TPSA) is 26.3 Å². The molecule has 0 aliphatic carbocycles. The molecular formula is C12H8BrFO2S. The van der Waals surface area contributed by atoms with Crippen molar-refractivity contribution < 1.29 is 13.9 Å². The summed E-state index contributed by atoms with van der Waals surface area (Å²) in [5, 5.41) is 1.84. The fraction of sp³-hybridized carbons (Fsp3) is 0.0833. The molecule has 0 saturated carbocycles. The molecule has 0 aliphatic rings. The monoisotopic (exact) mass is 314 g/mol. The van der Waals surface area contributed by atoms with Crippen LogP contribution in [0.3, 0.4) is 0 Å². The fourth-order valence-electron chi connectivity index (χ4n) is 1.22. The van der Waals surface area contributed by atoms with Gasteiger partial charge in [-0.25, -0.2) is 4.39 Å². The molecule has 0 unspecified atom stereocenters. The number of ketones is 1. The Morgan fingerprint density at radius 2 is 2.24 bits per heavy atom. The summed E-state index contributed by atoms with van der Waals surface area (Å²) in [6.07, 6.45) is 0. The zero-order valence-electron chi connectivity index (χ0n) is 8.65. The van der Waals surface area contributed by atoms with Crippen molar-refractivity contribution in [3.63, 3.8) is 0 Å². The molecule has 0 saturated heterocycles. The Balaban J connectivity index is 1.98. The highest BCUT2D eigenvalue weighted by atomic mass is 79.9. The van der Waals surface area contributed by atoms with Gasteiger partial charge >= 0.3 is 0 Å². The maximum Gasteiger partial charge on any atom is 0.210 e. The van der Waals surface area contributed by atoms with Crippen LogP contribution in [0.2, 0.25) is 0 Å². The van der Waals surface area contributed by atoms with Gasteiger partial charge in [-0.05, 0) is 45.6 Å². The molecule has 1 heterocycles. The van der Waals surface area contributed by atoms with E-state index in [4.69, 9.17) is 4.74 Å². The summed E-state index contributed by atoms with van der Waals surface area (Å²) in [4.78, 5) is 12.3. The van der Waals surface area contributed by atoms with Gasteiger partial charge in [0.1, 0.15) is 11.6 Å². The van der Waals surface area contributed by atoms with Gasteiger partial charge in [-0.3, -0.25) is 4.79 Å². The molecular weight excluding hydrogens is 307 g/mol. The van der Waals surface area contributed by atoms with Crippen LogP contribution < -0.4 is 4.74 Å². The molecule has 2 aromatic rings. The summed E-state index contributed by atoms with van der Waals surface area (Å²) in [6.45, 7) is -0.0431. The molecule has 0 radical (unpaired) electrons. The van der Waals surface area contributed by atoms with Crippen LogP contribution in [0.25, 0.3) is 0 Å². The number of carbonyl (C=O) groups is 1. The van der Waals surface area contributed by atoms with Crippen molar-refractivity contribution in [2.24, 2.45) is 0 Å². The van der Waals surface area contributed by atoms with Crippen molar-refractivity contribution in [2.75, 3.05) is 6.61 Å². The van der Waals surface area contributed by atoms with E-state index in [-0.39, 0.29) is 18.2 Å². The van der Waals surface area contributed by atoms with Crippen LogP contribution in [0.15, 0.2) is 40.2 Å². The van der Waals surface area contributed by atoms with E-state index in [0.717, 1.165) is 0 Å². The van der Waals surface area contributed by atoms with Crippen LogP contribution in [-0.4, -0.2) is 12.4 Å². The van der Waals surface area contributed by atoms with Gasteiger partial charge < -0.3 is 4.74 Å². The summed E-state index contributed by atoms with van der Waals surface area (Å²) < 4.78 is 18.6. The van der Waals surface area contributed by atoms with Crippen LogP contribution in [0.1, 0.15) is 9.67 Å². The van der Waals surface area contributed by atoms with Gasteiger partial charge in [0, 0.05) is 0 Å². The minimum atomic E-state index is -0.359. The second-order valence-electron chi connectivity index (χ2n) is 3.27. The van der Waals surface area contributed by atoms with E-state index >= 15 is 0 Å². The first-order valence-corrected chi connectivity index (χ1v) is 6.48. The van der Waals surface area contributed by atoms with E-state index in [0.29, 0.717) is 15.1 Å². The molecule has 5 heteroatoms. The second kappa shape index (κ2) is 5.42. The Morgan fingerprint density at radius 3 is 2.88 bits per heavy atom. The molecule has 2 rings (SSSR count). The summed E-state index contributed by atoms with van der Waals surface area (Å²) in [5.74, 6) is 0.0190. The normalized spacial score (nSPS) is 10.2. The Labute approximate surface area is 110 Å². The zero-order valence-corrected chi connectivity index (χ0v) is 11.1. The fourth-order valence-corrected chi connectivity index (χ4v) is 2.23. The van der Waals surface area contributed by atoms with Gasteiger partial charge in [0.15, 0.2) is 6.61 Å². The summed E-state index contributed by atoms with van der Waals surface area (Å²) in [5.41, 5.74) is 0. The molecule has 17 heavy (non-hydrogen) atoms. The largest absolute Gasteiger partial charge is 0.485 e. The second-order valence-corrected chi connectivity index (χ2v) is 5.07. The van der Waals surface area contributed by atoms with Crippen LogP contribution in [-0.2, 0) is 0 Å². The van der Waals surface area contributed by atoms with Crippen LogP contribution >= 0.6 is 27.3 Å². The van der Waals surface area contributed by atoms with E-state index in [1.807, 2.05) is 11.4 Å². The van der Waals surface area contributed by atoms with Gasteiger partial charge in [-0.2, -0.15) is 0 Å². The van der Waals surface area contributed by atoms with Gasteiger partial charge in [0.2, 0.25) is 5.78 Å². The van der Waals surface area contributed by atoms with Crippen molar-refractivity contribution >= 4 is 33.0 Å². The molecule has 2 nitrogen and oxygen atoms in total. The molecule has 0 atom stereocenters. The number of ether oxygens (including phenoxy) is 1. The molecule has 88 valence electrons. The SMILES string of the molecule is O=C(COc1ccc(F)c(Br)c1)c1cccs1. The lowest BCUT2D eigenvalue weighted by Crippen LogP contribution is -2.10. The predicted octanol–water partition coefficient (Wildman–Crippen LogP) is 3.91. The van der Waals surface area contributed by atoms with Crippen molar-refractivity contribution in [3.8, 4) is 5.75 Å². The minimum absolute atomic E-state index is 0.0431. The molecule has 0 amide bonds. The summed E-state index contributed by atoms with van der Waals surface area (Å²) >= 11 is 4.43. The van der Waals surface area contributed by atoms with E-state index in [1.54, 1.807) is 6.07 Å². The quantitative estimate of drug-likeness (QED) is 0.800. The van der Waals surface area contributed by atoms with Crippen molar-refractivity contribution in [1.29, 1.82) is 0 Å². The van der Waals surface area contributed by atoms with E-state index in [9.17, 15) is 9.18 Å². The Bertz CT molecular complexity index is 525. The van der Waals surface area contributed by atoms with Crippen molar-refractivity contribution in [2.45, 2.75) is 0 Å². The Kier molecular flexibility index (Phi) is 3.91. The third-order valence-electron chi connectivity index (χ3n) is 2.06. The third kappa shape index (κ3) is 3.14. The van der Waals surface area contributed by atoms with Crippen molar-refractivity contribution in [1.82, 2.24) is 0 Å². The highest BCUT2D eigenvalue weighted by Crippen LogP contribution is 2.22. The maximum absolute atomic E-state index is 13.0. The number of carbonyl (C=O) groups excluding carboxylic acids is 1. The van der Waals surface area contributed by atoms with Crippen LogP contribution in [0.5, 0.6) is 5.75 Å². The third-order valence-corrected chi connectivity index (χ3v) is 3.58. The lowest BCUT2D eigenvalue weighted by molar-refractivity contribution is 0.0925. The average Bonchev–Trinajstić information content (AvgIpc) is 2.84. The maximum atomic E-state index is 13.0. The van der Waals surface area contributed by atoms with E-state index < -0.39 is 0 Å². The first-order chi connectivity index (χ1) is 8.16. The molecule has 0 fully saturated rings. The molecule has 0 N–H and O–H groups in total. The van der Waals surface area contributed by atoms with Gasteiger partial charge in [0.25, 0.3) is 0 Å². The molecule has 1 aromatic carbocycles. The lowest BCUT2D eigenvalue weighted by Gasteiger charge is -2.05. The molecule has 0 aliphatic heterocycles. The molecule has 0 bridgehead atoms. The minimum Gasteiger partial charge on any atom is -0.485 e. The van der Waals surface area contributed by atoms with Crippen molar-refractivity contribution in [3.05, 3.63) is 50.9 Å². The van der Waals surface area contributed by atoms with Gasteiger partial charge in [-0.15, -0.1) is 11.3 Å². The Morgan fingerprint density at radius 1 is 1.41 bits per heavy atom. The number of halogens is 2. The molecule has 1 aromatic heterocycles. The van der Waals surface area contributed by atoms with Crippen LogP contribution in [0.4, 0.5) is 4.39 Å². The predicted molar refractivity (Wildman–Crippen MR) is 68.2 cm³/mol. The number of hydrogen-bond donors (Lipinski definition) is 0. The lowest BCUT2D eigenvalue weighted by atomic mass is 10.3. The number of rotatable bonds is 4. The number of thiophene rings is 1. The van der Waals surface area contributed by atoms with E-state index in [2.05, 4.69) is 15.9 Å². The van der Waals surface area contributed by atoms with E-state index in [1.165, 1.54) is 29.5 Å². The smallest absolute Gasteiger partial charge is 0.210 e. The number of Topliss-reactive ketones (excluding diaryl/α,β-unsaturated/α-hetero) is 1. The molecule has 0 spiro atoms.